The van der Waals surface area contributed by atoms with Gasteiger partial charge in [-0.05, 0) is 0 Å². The van der Waals surface area contributed by atoms with Crippen LogP contribution in [0.15, 0.2) is 0 Å². The molecule has 0 aromatic heterocycles. The van der Waals surface area contributed by atoms with Crippen molar-refractivity contribution in [2.24, 2.45) is 0 Å². The first-order chi connectivity index (χ1) is 4.72. The molecular weight excluding hydrogens is 132 g/mol. The summed E-state index contributed by atoms with van der Waals surface area (Å²) in [6.45, 7) is 0.475. The first-order valence-corrected chi connectivity index (χ1v) is 3.09. The molecule has 4 nitrogen and oxygen atoms in total. The van der Waals surface area contributed by atoms with E-state index < -0.39 is 0 Å². The molecule has 0 heterocycles. The summed E-state index contributed by atoms with van der Waals surface area (Å²) in [6.07, 6.45) is 1.18. The minimum Gasteiger partial charge on any atom is -0.341 e. The van der Waals surface area contributed by atoms with E-state index in [2.05, 4.69) is 5.32 Å². The first kappa shape index (κ1) is 8.94. The SMILES string of the molecule is CNC(=O)N(C)CCC=O. The van der Waals surface area contributed by atoms with Crippen molar-refractivity contribution in [3.8, 4) is 0 Å². The maximum absolute atomic E-state index is 10.7. The Hall–Kier alpha value is -1.06. The quantitative estimate of drug-likeness (QED) is 0.560. The smallest absolute Gasteiger partial charge is 0.316 e. The van der Waals surface area contributed by atoms with Crippen LogP contribution in [0.25, 0.3) is 0 Å². The third-order valence-corrected chi connectivity index (χ3v) is 1.14. The van der Waals surface area contributed by atoms with Crippen LogP contribution in [0.2, 0.25) is 0 Å². The van der Waals surface area contributed by atoms with Gasteiger partial charge in [-0.1, -0.05) is 0 Å². The third kappa shape index (κ3) is 3.06. The van der Waals surface area contributed by atoms with Gasteiger partial charge >= 0.3 is 6.03 Å². The van der Waals surface area contributed by atoms with Crippen molar-refractivity contribution in [1.82, 2.24) is 10.2 Å². The largest absolute Gasteiger partial charge is 0.341 e. The molecule has 0 atom stereocenters. The lowest BCUT2D eigenvalue weighted by atomic mass is 10.4. The van der Waals surface area contributed by atoms with Crippen molar-refractivity contribution in [2.45, 2.75) is 6.42 Å². The molecule has 0 aromatic carbocycles. The van der Waals surface area contributed by atoms with Crippen LogP contribution in [0.1, 0.15) is 6.42 Å². The highest BCUT2D eigenvalue weighted by Gasteiger charge is 2.02. The molecule has 4 heteroatoms. The normalized spacial score (nSPS) is 8.60. The molecule has 0 spiro atoms. The zero-order valence-corrected chi connectivity index (χ0v) is 6.26. The highest BCUT2D eigenvalue weighted by molar-refractivity contribution is 5.73. The Kier molecular flexibility index (Phi) is 4.28. The predicted molar refractivity (Wildman–Crippen MR) is 37.8 cm³/mol. The van der Waals surface area contributed by atoms with E-state index in [0.29, 0.717) is 13.0 Å². The molecule has 0 aromatic rings. The fraction of sp³-hybridized carbons (Fsp3) is 0.667. The third-order valence-electron chi connectivity index (χ3n) is 1.14. The number of carbonyl (C=O) groups excluding carboxylic acids is 2. The fourth-order valence-corrected chi connectivity index (χ4v) is 0.539. The molecule has 0 aliphatic heterocycles. The predicted octanol–water partition coefficient (Wildman–Crippen LogP) is -0.153. The van der Waals surface area contributed by atoms with Gasteiger partial charge in [-0.3, -0.25) is 0 Å². The number of nitrogens with zero attached hydrogens (tertiary/aromatic N) is 1. The minimum absolute atomic E-state index is 0.165. The second kappa shape index (κ2) is 4.78. The summed E-state index contributed by atoms with van der Waals surface area (Å²) in [4.78, 5) is 22.0. The molecule has 0 saturated heterocycles. The molecule has 1 N–H and O–H groups in total. The van der Waals surface area contributed by atoms with Crippen molar-refractivity contribution < 1.29 is 9.59 Å². The van der Waals surface area contributed by atoms with E-state index in [-0.39, 0.29) is 6.03 Å². The monoisotopic (exact) mass is 144 g/mol. The Morgan fingerprint density at radius 3 is 2.70 bits per heavy atom. The van der Waals surface area contributed by atoms with Gasteiger partial charge in [0.2, 0.25) is 0 Å². The molecule has 0 aliphatic carbocycles. The lowest BCUT2D eigenvalue weighted by Gasteiger charge is -2.13. The molecule has 0 bridgehead atoms. The van der Waals surface area contributed by atoms with Gasteiger partial charge in [0, 0.05) is 27.1 Å². The maximum Gasteiger partial charge on any atom is 0.316 e. The zero-order valence-electron chi connectivity index (χ0n) is 6.26. The number of hydrogen-bond donors (Lipinski definition) is 1. The van der Waals surface area contributed by atoms with Crippen LogP contribution in [-0.2, 0) is 4.79 Å². The van der Waals surface area contributed by atoms with Crippen LogP contribution >= 0.6 is 0 Å². The van der Waals surface area contributed by atoms with Gasteiger partial charge in [0.05, 0.1) is 0 Å². The van der Waals surface area contributed by atoms with Gasteiger partial charge in [0.1, 0.15) is 6.29 Å². The fourth-order valence-electron chi connectivity index (χ4n) is 0.539. The van der Waals surface area contributed by atoms with Crippen LogP contribution in [0, 0.1) is 0 Å². The lowest BCUT2D eigenvalue weighted by molar-refractivity contribution is -0.107. The summed E-state index contributed by atoms with van der Waals surface area (Å²) >= 11 is 0. The molecule has 58 valence electrons. The van der Waals surface area contributed by atoms with E-state index in [0.717, 1.165) is 6.29 Å². The summed E-state index contributed by atoms with van der Waals surface area (Å²) in [6, 6.07) is -0.165. The second-order valence-corrected chi connectivity index (χ2v) is 1.93. The van der Waals surface area contributed by atoms with E-state index in [9.17, 15) is 9.59 Å². The molecule has 0 saturated carbocycles. The van der Waals surface area contributed by atoms with E-state index in [4.69, 9.17) is 0 Å². The number of carbonyl (C=O) groups is 2. The Morgan fingerprint density at radius 1 is 1.70 bits per heavy atom. The summed E-state index contributed by atoms with van der Waals surface area (Å²) in [7, 11) is 3.20. The Bertz CT molecular complexity index is 125. The number of nitrogens with one attached hydrogen (secondary N) is 1. The lowest BCUT2D eigenvalue weighted by Crippen LogP contribution is -2.35. The molecule has 0 rings (SSSR count). The van der Waals surface area contributed by atoms with Crippen LogP contribution in [-0.4, -0.2) is 37.9 Å². The second-order valence-electron chi connectivity index (χ2n) is 1.93. The van der Waals surface area contributed by atoms with Crippen LogP contribution in [0.3, 0.4) is 0 Å². The van der Waals surface area contributed by atoms with Gasteiger partial charge in [-0.25, -0.2) is 4.79 Å². The zero-order chi connectivity index (χ0) is 7.98. The standard InChI is InChI=1S/C6H12N2O2/c1-7-6(10)8(2)4-3-5-9/h5H,3-4H2,1-2H3,(H,7,10). The molecule has 2 amide bonds. The Balaban J connectivity index is 3.50. The molecular formula is C6H12N2O2. The van der Waals surface area contributed by atoms with Gasteiger partial charge in [-0.2, -0.15) is 0 Å². The molecule has 10 heavy (non-hydrogen) atoms. The average molecular weight is 144 g/mol. The van der Waals surface area contributed by atoms with Crippen molar-refractivity contribution in [3.05, 3.63) is 0 Å². The van der Waals surface area contributed by atoms with E-state index in [1.807, 2.05) is 0 Å². The van der Waals surface area contributed by atoms with E-state index in [1.165, 1.54) is 4.90 Å². The molecule has 0 aliphatic rings. The van der Waals surface area contributed by atoms with Crippen molar-refractivity contribution in [3.63, 3.8) is 0 Å². The molecule has 0 radical (unpaired) electrons. The average Bonchev–Trinajstić information content (AvgIpc) is 1.98. The highest BCUT2D eigenvalue weighted by Crippen LogP contribution is 1.84. The molecule has 0 fully saturated rings. The van der Waals surface area contributed by atoms with E-state index in [1.54, 1.807) is 14.1 Å². The summed E-state index contributed by atoms with van der Waals surface area (Å²) in [5.41, 5.74) is 0. The van der Waals surface area contributed by atoms with Gasteiger partial charge in [0.15, 0.2) is 0 Å². The number of rotatable bonds is 3. The van der Waals surface area contributed by atoms with Crippen LogP contribution in [0.4, 0.5) is 4.79 Å². The number of urea groups is 1. The number of hydrogen-bond acceptors (Lipinski definition) is 2. The van der Waals surface area contributed by atoms with Crippen LogP contribution < -0.4 is 5.32 Å². The first-order valence-electron chi connectivity index (χ1n) is 3.09. The summed E-state index contributed by atoms with van der Waals surface area (Å²) in [5.74, 6) is 0. The van der Waals surface area contributed by atoms with Gasteiger partial charge in [-0.15, -0.1) is 0 Å². The Morgan fingerprint density at radius 2 is 2.30 bits per heavy atom. The summed E-state index contributed by atoms with van der Waals surface area (Å²) < 4.78 is 0. The highest BCUT2D eigenvalue weighted by atomic mass is 16.2. The maximum atomic E-state index is 10.7. The van der Waals surface area contributed by atoms with Gasteiger partial charge < -0.3 is 15.0 Å². The van der Waals surface area contributed by atoms with Gasteiger partial charge in [0.25, 0.3) is 0 Å². The number of aldehydes is 1. The Labute approximate surface area is 60.2 Å². The van der Waals surface area contributed by atoms with Crippen molar-refractivity contribution in [1.29, 1.82) is 0 Å². The number of amides is 2. The van der Waals surface area contributed by atoms with Crippen molar-refractivity contribution >= 4 is 12.3 Å². The minimum atomic E-state index is -0.165. The van der Waals surface area contributed by atoms with Crippen molar-refractivity contribution in [2.75, 3.05) is 20.6 Å². The van der Waals surface area contributed by atoms with Crippen LogP contribution in [0.5, 0.6) is 0 Å². The topological polar surface area (TPSA) is 49.4 Å². The molecule has 0 unspecified atom stereocenters. The van der Waals surface area contributed by atoms with E-state index >= 15 is 0 Å². The summed E-state index contributed by atoms with van der Waals surface area (Å²) in [5, 5.41) is 2.44.